The van der Waals surface area contributed by atoms with E-state index >= 15 is 0 Å². The molecule has 1 unspecified atom stereocenters. The normalized spacial score (nSPS) is 15.3. The zero-order valence-corrected chi connectivity index (χ0v) is 16.1. The summed E-state index contributed by atoms with van der Waals surface area (Å²) in [5.74, 6) is -0.365. The molecule has 0 saturated carbocycles. The zero-order chi connectivity index (χ0) is 20.7. The van der Waals surface area contributed by atoms with Crippen LogP contribution in [0.5, 0.6) is 5.75 Å². The SMILES string of the molecule is Cc1nn(-c2ccc(F)cc2)c(C)c1C(=O)Nc1ccc2c(c1)NC(=O)C(C)O2. The summed E-state index contributed by atoms with van der Waals surface area (Å²) in [5.41, 5.74) is 3.29. The van der Waals surface area contributed by atoms with E-state index in [-0.39, 0.29) is 17.6 Å². The first kappa shape index (κ1) is 18.7. The van der Waals surface area contributed by atoms with Crippen LogP contribution in [0.4, 0.5) is 15.8 Å². The van der Waals surface area contributed by atoms with Crippen molar-refractivity contribution in [2.75, 3.05) is 10.6 Å². The van der Waals surface area contributed by atoms with Crippen molar-refractivity contribution >= 4 is 23.2 Å². The van der Waals surface area contributed by atoms with Crippen LogP contribution in [0, 0.1) is 19.7 Å². The third-order valence-electron chi connectivity index (χ3n) is 4.76. The maximum Gasteiger partial charge on any atom is 0.265 e. The number of aromatic nitrogens is 2. The minimum absolute atomic E-state index is 0.242. The second kappa shape index (κ2) is 7.05. The Morgan fingerprint density at radius 3 is 2.66 bits per heavy atom. The van der Waals surface area contributed by atoms with E-state index in [0.29, 0.717) is 39.8 Å². The van der Waals surface area contributed by atoms with E-state index in [1.54, 1.807) is 55.8 Å². The lowest BCUT2D eigenvalue weighted by atomic mass is 10.1. The van der Waals surface area contributed by atoms with Crippen molar-refractivity contribution in [3.05, 3.63) is 65.2 Å². The quantitative estimate of drug-likeness (QED) is 0.711. The van der Waals surface area contributed by atoms with E-state index in [1.807, 2.05) is 0 Å². The minimum Gasteiger partial charge on any atom is -0.479 e. The molecule has 7 nitrogen and oxygen atoms in total. The first-order chi connectivity index (χ1) is 13.8. The number of carbonyl (C=O) groups is 2. The van der Waals surface area contributed by atoms with Gasteiger partial charge in [-0.3, -0.25) is 9.59 Å². The van der Waals surface area contributed by atoms with Crippen LogP contribution in [-0.4, -0.2) is 27.7 Å². The molecule has 2 N–H and O–H groups in total. The Labute approximate surface area is 166 Å². The summed E-state index contributed by atoms with van der Waals surface area (Å²) in [5, 5.41) is 10.0. The van der Waals surface area contributed by atoms with E-state index in [2.05, 4.69) is 15.7 Å². The second-order valence-corrected chi connectivity index (χ2v) is 6.85. The van der Waals surface area contributed by atoms with Gasteiger partial charge < -0.3 is 15.4 Å². The molecule has 29 heavy (non-hydrogen) atoms. The molecule has 8 heteroatoms. The number of amides is 2. The molecule has 2 amide bonds. The molecular weight excluding hydrogens is 375 g/mol. The van der Waals surface area contributed by atoms with Crippen molar-refractivity contribution in [2.24, 2.45) is 0 Å². The van der Waals surface area contributed by atoms with Crippen molar-refractivity contribution in [1.82, 2.24) is 9.78 Å². The largest absolute Gasteiger partial charge is 0.479 e. The number of hydrogen-bond acceptors (Lipinski definition) is 4. The summed E-state index contributed by atoms with van der Waals surface area (Å²) in [4.78, 5) is 24.7. The Balaban J connectivity index is 1.60. The second-order valence-electron chi connectivity index (χ2n) is 6.85. The predicted octanol–water partition coefficient (Wildman–Crippen LogP) is 3.60. The Morgan fingerprint density at radius 1 is 1.21 bits per heavy atom. The molecule has 1 aliphatic heterocycles. The van der Waals surface area contributed by atoms with Crippen molar-refractivity contribution in [3.8, 4) is 11.4 Å². The molecule has 0 aliphatic carbocycles. The van der Waals surface area contributed by atoms with Gasteiger partial charge >= 0.3 is 0 Å². The fourth-order valence-corrected chi connectivity index (χ4v) is 3.29. The third-order valence-corrected chi connectivity index (χ3v) is 4.76. The van der Waals surface area contributed by atoms with E-state index in [1.165, 1.54) is 12.1 Å². The van der Waals surface area contributed by atoms with Gasteiger partial charge in [0.15, 0.2) is 6.10 Å². The van der Waals surface area contributed by atoms with Gasteiger partial charge in [0.25, 0.3) is 11.8 Å². The van der Waals surface area contributed by atoms with Crippen molar-refractivity contribution < 1.29 is 18.7 Å². The molecular formula is C21H19FN4O3. The van der Waals surface area contributed by atoms with Gasteiger partial charge in [-0.25, -0.2) is 9.07 Å². The average Bonchev–Trinajstić information content (AvgIpc) is 2.98. The van der Waals surface area contributed by atoms with Crippen LogP contribution in [0.1, 0.15) is 28.7 Å². The first-order valence-electron chi connectivity index (χ1n) is 9.08. The van der Waals surface area contributed by atoms with E-state index in [9.17, 15) is 14.0 Å². The maximum absolute atomic E-state index is 13.2. The van der Waals surface area contributed by atoms with E-state index < -0.39 is 6.10 Å². The van der Waals surface area contributed by atoms with Gasteiger partial charge in [0.2, 0.25) is 0 Å². The Hall–Kier alpha value is -3.68. The molecule has 0 fully saturated rings. The first-order valence-corrected chi connectivity index (χ1v) is 9.08. The van der Waals surface area contributed by atoms with Crippen LogP contribution in [0.2, 0.25) is 0 Å². The number of benzene rings is 2. The van der Waals surface area contributed by atoms with E-state index in [4.69, 9.17) is 4.74 Å². The molecule has 0 radical (unpaired) electrons. The highest BCUT2D eigenvalue weighted by atomic mass is 19.1. The van der Waals surface area contributed by atoms with Gasteiger partial charge in [0.05, 0.1) is 28.3 Å². The van der Waals surface area contributed by atoms with Gasteiger partial charge in [-0.15, -0.1) is 0 Å². The molecule has 1 atom stereocenters. The van der Waals surface area contributed by atoms with Crippen LogP contribution in [0.3, 0.4) is 0 Å². The lowest BCUT2D eigenvalue weighted by Gasteiger charge is -2.23. The molecule has 2 heterocycles. The summed E-state index contributed by atoms with van der Waals surface area (Å²) in [6.07, 6.45) is -0.564. The summed E-state index contributed by atoms with van der Waals surface area (Å²) < 4.78 is 20.3. The number of halogens is 1. The summed E-state index contributed by atoms with van der Waals surface area (Å²) in [7, 11) is 0. The fraction of sp³-hybridized carbons (Fsp3) is 0.190. The highest BCUT2D eigenvalue weighted by Gasteiger charge is 2.24. The van der Waals surface area contributed by atoms with Gasteiger partial charge in [0.1, 0.15) is 11.6 Å². The fourth-order valence-electron chi connectivity index (χ4n) is 3.29. The summed E-state index contributed by atoms with van der Waals surface area (Å²) in [6.45, 7) is 5.18. The Kier molecular flexibility index (Phi) is 4.54. The van der Waals surface area contributed by atoms with E-state index in [0.717, 1.165) is 0 Å². The maximum atomic E-state index is 13.2. The third kappa shape index (κ3) is 3.44. The van der Waals surface area contributed by atoms with Gasteiger partial charge in [-0.2, -0.15) is 5.10 Å². The summed E-state index contributed by atoms with van der Waals surface area (Å²) in [6, 6.07) is 10.9. The molecule has 2 aromatic carbocycles. The summed E-state index contributed by atoms with van der Waals surface area (Å²) >= 11 is 0. The molecule has 0 bridgehead atoms. The predicted molar refractivity (Wildman–Crippen MR) is 106 cm³/mol. The zero-order valence-electron chi connectivity index (χ0n) is 16.1. The lowest BCUT2D eigenvalue weighted by molar-refractivity contribution is -0.122. The number of anilines is 2. The molecule has 3 aromatic rings. The van der Waals surface area contributed by atoms with Gasteiger partial charge in [0, 0.05) is 5.69 Å². The number of nitrogens with one attached hydrogen (secondary N) is 2. The van der Waals surface area contributed by atoms with Crippen LogP contribution < -0.4 is 15.4 Å². The Bertz CT molecular complexity index is 1120. The molecule has 0 spiro atoms. The standard InChI is InChI=1S/C21H19FN4O3/c1-11-19(12(2)26(25-11)16-7-4-14(22)5-8-16)21(28)23-15-6-9-18-17(10-15)24-20(27)13(3)29-18/h4-10,13H,1-3H3,(H,23,28)(H,24,27). The number of aryl methyl sites for hydroxylation is 1. The highest BCUT2D eigenvalue weighted by Crippen LogP contribution is 2.32. The van der Waals surface area contributed by atoms with Crippen molar-refractivity contribution in [1.29, 1.82) is 0 Å². The molecule has 1 aromatic heterocycles. The topological polar surface area (TPSA) is 85.3 Å². The van der Waals surface area contributed by atoms with Crippen LogP contribution in [0.15, 0.2) is 42.5 Å². The molecule has 0 saturated heterocycles. The average molecular weight is 394 g/mol. The van der Waals surface area contributed by atoms with Crippen LogP contribution in [0.25, 0.3) is 5.69 Å². The number of nitrogens with zero attached hydrogens (tertiary/aromatic N) is 2. The van der Waals surface area contributed by atoms with Crippen LogP contribution >= 0.6 is 0 Å². The number of hydrogen-bond donors (Lipinski definition) is 2. The minimum atomic E-state index is -0.564. The molecule has 148 valence electrons. The molecule has 4 rings (SSSR count). The Morgan fingerprint density at radius 2 is 1.93 bits per heavy atom. The highest BCUT2D eigenvalue weighted by molar-refractivity contribution is 6.06. The van der Waals surface area contributed by atoms with Crippen LogP contribution in [-0.2, 0) is 4.79 Å². The van der Waals surface area contributed by atoms with Crippen molar-refractivity contribution in [3.63, 3.8) is 0 Å². The van der Waals surface area contributed by atoms with Gasteiger partial charge in [-0.1, -0.05) is 0 Å². The number of rotatable bonds is 3. The number of fused-ring (bicyclic) bond motifs is 1. The smallest absolute Gasteiger partial charge is 0.265 e. The van der Waals surface area contributed by atoms with Crippen molar-refractivity contribution in [2.45, 2.75) is 26.9 Å². The van der Waals surface area contributed by atoms with Gasteiger partial charge in [-0.05, 0) is 63.2 Å². The number of carbonyl (C=O) groups excluding carboxylic acids is 2. The molecule has 1 aliphatic rings. The lowest BCUT2D eigenvalue weighted by Crippen LogP contribution is -2.34. The monoisotopic (exact) mass is 394 g/mol. The number of ether oxygens (including phenoxy) is 1.